The molecule has 1 aliphatic heterocycles. The number of carbonyl (C=O) groups excluding carboxylic acids is 2. The third-order valence-corrected chi connectivity index (χ3v) is 6.93. The van der Waals surface area contributed by atoms with Gasteiger partial charge in [0.15, 0.2) is 0 Å². The molecule has 1 heterocycles. The first-order valence-corrected chi connectivity index (χ1v) is 13.4. The van der Waals surface area contributed by atoms with E-state index in [1.54, 1.807) is 17.9 Å². The fourth-order valence-corrected chi connectivity index (χ4v) is 5.11. The van der Waals surface area contributed by atoms with Gasteiger partial charge in [-0.15, -0.1) is 0 Å². The van der Waals surface area contributed by atoms with E-state index < -0.39 is 18.2 Å². The van der Waals surface area contributed by atoms with Gasteiger partial charge >= 0.3 is 5.97 Å². The van der Waals surface area contributed by atoms with Gasteiger partial charge in [-0.25, -0.2) is 0 Å². The second kappa shape index (κ2) is 11.5. The third kappa shape index (κ3) is 5.39. The maximum Gasteiger partial charge on any atom is 0.308 e. The molecule has 1 amide bonds. The second-order valence-electron chi connectivity index (χ2n) is 8.17. The summed E-state index contributed by atoms with van der Waals surface area (Å²) < 4.78 is 12.7. The molecule has 4 rings (SSSR count). The Morgan fingerprint density at radius 3 is 2.68 bits per heavy atom. The number of amides is 1. The predicted octanol–water partition coefficient (Wildman–Crippen LogP) is 6.48. The monoisotopic (exact) mass is 591 g/mol. The Balaban J connectivity index is 1.86. The van der Waals surface area contributed by atoms with Crippen molar-refractivity contribution in [3.8, 4) is 0 Å². The number of esters is 1. The van der Waals surface area contributed by atoms with Crippen LogP contribution in [0.2, 0.25) is 5.02 Å². The van der Waals surface area contributed by atoms with Crippen LogP contribution in [-0.2, 0) is 19.1 Å². The summed E-state index contributed by atoms with van der Waals surface area (Å²) in [6, 6.07) is 19.7. The fourth-order valence-electron chi connectivity index (χ4n) is 4.39. The van der Waals surface area contributed by atoms with Crippen molar-refractivity contribution >= 4 is 62.5 Å². The standard InChI is InChI=1S/C27H27ClINO4/c1-2-33-25(31)17-24-27(32)30(15-6-5-14-29)23-13-12-19(28)16-22(23)26(34-24)21-11-7-9-18-8-3-4-10-20(18)21/h3-4,7-13,16,24,26H,2,5-6,14-15,17H2,1H3/t24-,26-/m0/s1. The van der Waals surface area contributed by atoms with Crippen LogP contribution < -0.4 is 4.90 Å². The molecule has 0 spiro atoms. The van der Waals surface area contributed by atoms with Gasteiger partial charge < -0.3 is 14.4 Å². The molecule has 0 fully saturated rings. The Labute approximate surface area is 218 Å². The van der Waals surface area contributed by atoms with Gasteiger partial charge in [0.2, 0.25) is 0 Å². The Hall–Kier alpha value is -2.16. The third-order valence-electron chi connectivity index (χ3n) is 5.93. The van der Waals surface area contributed by atoms with Crippen molar-refractivity contribution in [3.05, 3.63) is 76.8 Å². The maximum atomic E-state index is 13.7. The van der Waals surface area contributed by atoms with Crippen molar-refractivity contribution in [2.24, 2.45) is 0 Å². The summed E-state index contributed by atoms with van der Waals surface area (Å²) in [6.07, 6.45) is 0.162. The Morgan fingerprint density at radius 2 is 1.88 bits per heavy atom. The van der Waals surface area contributed by atoms with E-state index in [2.05, 4.69) is 22.6 Å². The van der Waals surface area contributed by atoms with Gasteiger partial charge in [-0.2, -0.15) is 0 Å². The number of hydrogen-bond donors (Lipinski definition) is 0. The zero-order chi connectivity index (χ0) is 24.1. The molecule has 3 aromatic carbocycles. The molecule has 1 aliphatic rings. The highest BCUT2D eigenvalue weighted by molar-refractivity contribution is 14.1. The van der Waals surface area contributed by atoms with Crippen molar-refractivity contribution in [1.29, 1.82) is 0 Å². The van der Waals surface area contributed by atoms with E-state index in [4.69, 9.17) is 21.1 Å². The van der Waals surface area contributed by atoms with Gasteiger partial charge in [0.05, 0.1) is 13.0 Å². The largest absolute Gasteiger partial charge is 0.466 e. The summed E-state index contributed by atoms with van der Waals surface area (Å²) in [7, 11) is 0. The van der Waals surface area contributed by atoms with E-state index >= 15 is 0 Å². The number of alkyl halides is 1. The molecule has 0 aliphatic carbocycles. The molecule has 2 atom stereocenters. The van der Waals surface area contributed by atoms with Gasteiger partial charge in [-0.3, -0.25) is 9.59 Å². The lowest BCUT2D eigenvalue weighted by atomic mass is 9.94. The fraction of sp³-hybridized carbons (Fsp3) is 0.333. The molecule has 7 heteroatoms. The molecule has 0 saturated heterocycles. The second-order valence-corrected chi connectivity index (χ2v) is 9.69. The Morgan fingerprint density at radius 1 is 1.09 bits per heavy atom. The average Bonchev–Trinajstić information content (AvgIpc) is 2.94. The van der Waals surface area contributed by atoms with E-state index in [1.165, 1.54) is 0 Å². The molecule has 0 N–H and O–H groups in total. The number of benzene rings is 3. The minimum Gasteiger partial charge on any atom is -0.466 e. The summed E-state index contributed by atoms with van der Waals surface area (Å²) in [5.74, 6) is -0.679. The zero-order valence-corrected chi connectivity index (χ0v) is 21.9. The lowest BCUT2D eigenvalue weighted by Gasteiger charge is -2.25. The van der Waals surface area contributed by atoms with Crippen molar-refractivity contribution in [2.75, 3.05) is 22.5 Å². The highest BCUT2D eigenvalue weighted by Crippen LogP contribution is 2.42. The summed E-state index contributed by atoms with van der Waals surface area (Å²) in [5.41, 5.74) is 2.52. The number of carbonyl (C=O) groups is 2. The van der Waals surface area contributed by atoms with Crippen molar-refractivity contribution in [1.82, 2.24) is 0 Å². The minimum absolute atomic E-state index is 0.140. The summed E-state index contributed by atoms with van der Waals surface area (Å²) in [6.45, 7) is 2.55. The van der Waals surface area contributed by atoms with Crippen LogP contribution in [0.4, 0.5) is 5.69 Å². The number of unbranched alkanes of at least 4 members (excludes halogenated alkanes) is 1. The first-order valence-electron chi connectivity index (χ1n) is 11.5. The minimum atomic E-state index is -0.964. The topological polar surface area (TPSA) is 55.8 Å². The van der Waals surface area contributed by atoms with Crippen LogP contribution in [0.15, 0.2) is 60.7 Å². The van der Waals surface area contributed by atoms with E-state index in [-0.39, 0.29) is 18.9 Å². The van der Waals surface area contributed by atoms with Crippen molar-refractivity contribution in [2.45, 2.75) is 38.4 Å². The normalized spacial score (nSPS) is 18.0. The molecule has 178 valence electrons. The van der Waals surface area contributed by atoms with Crippen LogP contribution in [0.5, 0.6) is 0 Å². The number of rotatable bonds is 8. The molecule has 0 unspecified atom stereocenters. The molecule has 0 saturated carbocycles. The number of ether oxygens (including phenoxy) is 2. The molecule has 0 bridgehead atoms. The summed E-state index contributed by atoms with van der Waals surface area (Å²) >= 11 is 8.78. The van der Waals surface area contributed by atoms with Crippen molar-refractivity contribution < 1.29 is 19.1 Å². The highest BCUT2D eigenvalue weighted by Gasteiger charge is 2.38. The summed E-state index contributed by atoms with van der Waals surface area (Å²) in [5, 5.41) is 2.67. The van der Waals surface area contributed by atoms with Crippen molar-refractivity contribution in [3.63, 3.8) is 0 Å². The first kappa shape index (κ1) is 24.9. The number of fused-ring (bicyclic) bond motifs is 2. The predicted molar refractivity (Wildman–Crippen MR) is 144 cm³/mol. The van der Waals surface area contributed by atoms with Crippen LogP contribution in [-0.4, -0.2) is 35.6 Å². The molecular formula is C27H27ClINO4. The first-order chi connectivity index (χ1) is 16.5. The van der Waals surface area contributed by atoms with E-state index in [1.807, 2.05) is 54.6 Å². The van der Waals surface area contributed by atoms with Gasteiger partial charge in [-0.05, 0) is 58.7 Å². The van der Waals surface area contributed by atoms with Crippen LogP contribution in [0, 0.1) is 0 Å². The van der Waals surface area contributed by atoms with Crippen LogP contribution in [0.25, 0.3) is 10.8 Å². The van der Waals surface area contributed by atoms with E-state index in [9.17, 15) is 9.59 Å². The lowest BCUT2D eigenvalue weighted by Crippen LogP contribution is -2.41. The number of nitrogens with zero attached hydrogens (tertiary/aromatic N) is 1. The van der Waals surface area contributed by atoms with Gasteiger partial charge in [0, 0.05) is 22.8 Å². The Kier molecular flexibility index (Phi) is 8.45. The molecule has 0 aromatic heterocycles. The number of anilines is 1. The highest BCUT2D eigenvalue weighted by atomic mass is 127. The molecular weight excluding hydrogens is 565 g/mol. The van der Waals surface area contributed by atoms with E-state index in [0.717, 1.165) is 44.9 Å². The molecule has 0 radical (unpaired) electrons. The van der Waals surface area contributed by atoms with Gasteiger partial charge in [-0.1, -0.05) is 76.7 Å². The van der Waals surface area contributed by atoms with Crippen LogP contribution >= 0.6 is 34.2 Å². The van der Waals surface area contributed by atoms with E-state index in [0.29, 0.717) is 11.6 Å². The van der Waals surface area contributed by atoms with Crippen LogP contribution in [0.1, 0.15) is 43.4 Å². The quantitative estimate of drug-likeness (QED) is 0.130. The van der Waals surface area contributed by atoms with Crippen LogP contribution in [0.3, 0.4) is 0 Å². The SMILES string of the molecule is CCOC(=O)C[C@@H]1O[C@@H](c2cccc3ccccc23)c2cc(Cl)ccc2N(CCCCI)C1=O. The lowest BCUT2D eigenvalue weighted by molar-refractivity contribution is -0.151. The molecule has 3 aromatic rings. The molecule has 34 heavy (non-hydrogen) atoms. The molecule has 5 nitrogen and oxygen atoms in total. The zero-order valence-electron chi connectivity index (χ0n) is 19.0. The van der Waals surface area contributed by atoms with Gasteiger partial charge in [0.1, 0.15) is 12.2 Å². The average molecular weight is 592 g/mol. The number of hydrogen-bond acceptors (Lipinski definition) is 4. The summed E-state index contributed by atoms with van der Waals surface area (Å²) in [4.78, 5) is 27.9. The number of halogens is 2. The smallest absolute Gasteiger partial charge is 0.308 e. The van der Waals surface area contributed by atoms with Gasteiger partial charge in [0.25, 0.3) is 5.91 Å². The Bertz CT molecular complexity index is 1180. The maximum absolute atomic E-state index is 13.7.